The summed E-state index contributed by atoms with van der Waals surface area (Å²) >= 11 is 1.71. The van der Waals surface area contributed by atoms with Crippen LogP contribution in [0, 0.1) is 20.8 Å². The van der Waals surface area contributed by atoms with Crippen LogP contribution >= 0.6 is 11.3 Å². The number of thiazole rings is 1. The maximum absolute atomic E-state index is 4.80. The Balaban J connectivity index is 2.01. The van der Waals surface area contributed by atoms with Crippen molar-refractivity contribution in [3.05, 3.63) is 52.7 Å². The highest BCUT2D eigenvalue weighted by molar-refractivity contribution is 7.13. The molecule has 0 aliphatic rings. The molecule has 2 aromatic heterocycles. The van der Waals surface area contributed by atoms with Gasteiger partial charge in [-0.05, 0) is 26.8 Å². The Morgan fingerprint density at radius 1 is 1.05 bits per heavy atom. The summed E-state index contributed by atoms with van der Waals surface area (Å²) in [5, 5.41) is 3.23. The van der Waals surface area contributed by atoms with Crippen molar-refractivity contribution in [2.75, 3.05) is 0 Å². The van der Waals surface area contributed by atoms with Crippen LogP contribution in [0.4, 0.5) is 0 Å². The molecule has 2 nitrogen and oxygen atoms in total. The number of aryl methyl sites for hydroxylation is 2. The van der Waals surface area contributed by atoms with Crippen LogP contribution in [0.15, 0.2) is 35.7 Å². The molecular weight excluding hydrogens is 264 g/mol. The Morgan fingerprint density at radius 3 is 2.35 bits per heavy atom. The average molecular weight is 282 g/mol. The standard InChI is InChI=1S/C17H18N2S/c1-11-5-7-14(8-6-11)17-18-16(10-20-17)15-9-12(2)19(4)13(15)3/h5-10H,1-4H3. The summed E-state index contributed by atoms with van der Waals surface area (Å²) in [5.74, 6) is 0. The van der Waals surface area contributed by atoms with Crippen LogP contribution < -0.4 is 0 Å². The first-order chi connectivity index (χ1) is 9.56. The van der Waals surface area contributed by atoms with E-state index in [1.54, 1.807) is 11.3 Å². The van der Waals surface area contributed by atoms with E-state index in [2.05, 4.69) is 68.1 Å². The first kappa shape index (κ1) is 13.1. The summed E-state index contributed by atoms with van der Waals surface area (Å²) in [6.45, 7) is 6.38. The molecular formula is C17H18N2S. The molecule has 0 atom stereocenters. The van der Waals surface area contributed by atoms with Gasteiger partial charge in [-0.1, -0.05) is 29.8 Å². The molecule has 0 amide bonds. The van der Waals surface area contributed by atoms with E-state index in [-0.39, 0.29) is 0 Å². The molecule has 0 aliphatic heterocycles. The van der Waals surface area contributed by atoms with E-state index in [0.717, 1.165) is 10.7 Å². The predicted molar refractivity (Wildman–Crippen MR) is 86.2 cm³/mol. The molecule has 3 aromatic rings. The molecule has 0 saturated heterocycles. The molecule has 0 bridgehead atoms. The van der Waals surface area contributed by atoms with Crippen molar-refractivity contribution in [3.8, 4) is 21.8 Å². The predicted octanol–water partition coefficient (Wildman–Crippen LogP) is 4.74. The molecule has 3 rings (SSSR count). The Kier molecular flexibility index (Phi) is 3.22. The second-order valence-electron chi connectivity index (χ2n) is 5.25. The normalized spacial score (nSPS) is 11.0. The van der Waals surface area contributed by atoms with E-state index < -0.39 is 0 Å². The van der Waals surface area contributed by atoms with Gasteiger partial charge >= 0.3 is 0 Å². The van der Waals surface area contributed by atoms with Gasteiger partial charge in [-0.2, -0.15) is 0 Å². The SMILES string of the molecule is Cc1ccc(-c2nc(-c3cc(C)n(C)c3C)cs2)cc1. The zero-order chi connectivity index (χ0) is 14.3. The molecule has 1 aromatic carbocycles. The fourth-order valence-electron chi connectivity index (χ4n) is 2.34. The lowest BCUT2D eigenvalue weighted by Crippen LogP contribution is -1.92. The van der Waals surface area contributed by atoms with Gasteiger partial charge in [0, 0.05) is 34.9 Å². The zero-order valence-electron chi connectivity index (χ0n) is 12.3. The lowest BCUT2D eigenvalue weighted by atomic mass is 10.1. The van der Waals surface area contributed by atoms with E-state index in [4.69, 9.17) is 4.98 Å². The number of benzene rings is 1. The van der Waals surface area contributed by atoms with E-state index in [9.17, 15) is 0 Å². The van der Waals surface area contributed by atoms with Gasteiger partial charge in [-0.3, -0.25) is 0 Å². The van der Waals surface area contributed by atoms with Crippen LogP contribution in [-0.4, -0.2) is 9.55 Å². The Bertz CT molecular complexity index is 748. The molecule has 0 radical (unpaired) electrons. The zero-order valence-corrected chi connectivity index (χ0v) is 13.1. The van der Waals surface area contributed by atoms with Crippen LogP contribution in [0.2, 0.25) is 0 Å². The molecule has 3 heteroatoms. The number of nitrogens with zero attached hydrogens (tertiary/aromatic N) is 2. The maximum Gasteiger partial charge on any atom is 0.124 e. The van der Waals surface area contributed by atoms with Crippen LogP contribution in [0.25, 0.3) is 21.8 Å². The largest absolute Gasteiger partial charge is 0.351 e. The minimum absolute atomic E-state index is 1.08. The molecule has 0 aliphatic carbocycles. The molecule has 0 unspecified atom stereocenters. The van der Waals surface area contributed by atoms with Crippen molar-refractivity contribution in [2.45, 2.75) is 20.8 Å². The van der Waals surface area contributed by atoms with Crippen LogP contribution in [0.1, 0.15) is 17.0 Å². The highest BCUT2D eigenvalue weighted by Gasteiger charge is 2.12. The van der Waals surface area contributed by atoms with Crippen LogP contribution in [0.5, 0.6) is 0 Å². The quantitative estimate of drug-likeness (QED) is 0.663. The molecule has 0 spiro atoms. The van der Waals surface area contributed by atoms with E-state index in [1.165, 1.54) is 28.1 Å². The maximum atomic E-state index is 4.80. The van der Waals surface area contributed by atoms with Crippen molar-refractivity contribution in [2.24, 2.45) is 7.05 Å². The first-order valence-corrected chi connectivity index (χ1v) is 7.60. The van der Waals surface area contributed by atoms with Gasteiger partial charge in [0.05, 0.1) is 5.69 Å². The fraction of sp³-hybridized carbons (Fsp3) is 0.235. The Labute approximate surface area is 123 Å². The van der Waals surface area contributed by atoms with E-state index >= 15 is 0 Å². The summed E-state index contributed by atoms with van der Waals surface area (Å²) in [5.41, 5.74) is 7.31. The summed E-state index contributed by atoms with van der Waals surface area (Å²) in [6.07, 6.45) is 0. The summed E-state index contributed by atoms with van der Waals surface area (Å²) < 4.78 is 2.21. The molecule has 0 saturated carbocycles. The van der Waals surface area contributed by atoms with Crippen molar-refractivity contribution in [1.29, 1.82) is 0 Å². The molecule has 0 fully saturated rings. The van der Waals surface area contributed by atoms with Gasteiger partial charge in [0.2, 0.25) is 0 Å². The minimum Gasteiger partial charge on any atom is -0.351 e. The average Bonchev–Trinajstić information content (AvgIpc) is 3.01. The summed E-state index contributed by atoms with van der Waals surface area (Å²) in [4.78, 5) is 4.80. The third-order valence-electron chi connectivity index (χ3n) is 3.85. The topological polar surface area (TPSA) is 17.8 Å². The molecule has 0 N–H and O–H groups in total. The number of rotatable bonds is 2. The lowest BCUT2D eigenvalue weighted by molar-refractivity contribution is 0.845. The number of aromatic nitrogens is 2. The third-order valence-corrected chi connectivity index (χ3v) is 4.75. The minimum atomic E-state index is 1.08. The van der Waals surface area contributed by atoms with Gasteiger partial charge in [0.15, 0.2) is 0 Å². The van der Waals surface area contributed by atoms with Crippen LogP contribution in [-0.2, 0) is 7.05 Å². The highest BCUT2D eigenvalue weighted by atomic mass is 32.1. The van der Waals surface area contributed by atoms with Gasteiger partial charge in [-0.15, -0.1) is 11.3 Å². The van der Waals surface area contributed by atoms with Gasteiger partial charge in [0.25, 0.3) is 0 Å². The lowest BCUT2D eigenvalue weighted by Gasteiger charge is -2.00. The second-order valence-corrected chi connectivity index (χ2v) is 6.11. The highest BCUT2D eigenvalue weighted by Crippen LogP contribution is 2.31. The summed E-state index contributed by atoms with van der Waals surface area (Å²) in [7, 11) is 2.10. The summed E-state index contributed by atoms with van der Waals surface area (Å²) in [6, 6.07) is 10.8. The van der Waals surface area contributed by atoms with Crippen molar-refractivity contribution in [3.63, 3.8) is 0 Å². The van der Waals surface area contributed by atoms with Gasteiger partial charge in [-0.25, -0.2) is 4.98 Å². The van der Waals surface area contributed by atoms with Crippen molar-refractivity contribution in [1.82, 2.24) is 9.55 Å². The van der Waals surface area contributed by atoms with Crippen molar-refractivity contribution >= 4 is 11.3 Å². The number of hydrogen-bond acceptors (Lipinski definition) is 2. The third kappa shape index (κ3) is 2.18. The van der Waals surface area contributed by atoms with E-state index in [1.807, 2.05) is 0 Å². The smallest absolute Gasteiger partial charge is 0.124 e. The fourth-order valence-corrected chi connectivity index (χ4v) is 3.17. The second kappa shape index (κ2) is 4.91. The molecule has 102 valence electrons. The monoisotopic (exact) mass is 282 g/mol. The van der Waals surface area contributed by atoms with Gasteiger partial charge < -0.3 is 4.57 Å². The van der Waals surface area contributed by atoms with Gasteiger partial charge in [0.1, 0.15) is 5.01 Å². The first-order valence-electron chi connectivity index (χ1n) is 6.72. The Morgan fingerprint density at radius 2 is 1.75 bits per heavy atom. The molecule has 20 heavy (non-hydrogen) atoms. The number of hydrogen-bond donors (Lipinski definition) is 0. The van der Waals surface area contributed by atoms with E-state index in [0.29, 0.717) is 0 Å². The Hall–Kier alpha value is -1.87. The van der Waals surface area contributed by atoms with Crippen molar-refractivity contribution < 1.29 is 0 Å². The molecule has 2 heterocycles. The van der Waals surface area contributed by atoms with Crippen LogP contribution in [0.3, 0.4) is 0 Å².